The molecule has 1 atom stereocenters. The fourth-order valence-corrected chi connectivity index (χ4v) is 3.76. The Labute approximate surface area is 154 Å². The molecular weight excluding hydrogens is 330 g/mol. The van der Waals surface area contributed by atoms with E-state index in [0.717, 1.165) is 23.3 Å². The Morgan fingerprint density at radius 2 is 1.77 bits per heavy atom. The average molecular weight is 357 g/mol. The smallest absolute Gasteiger partial charge is 0.332 e. The van der Waals surface area contributed by atoms with Crippen molar-refractivity contribution < 1.29 is 14.4 Å². The molecule has 1 aliphatic heterocycles. The van der Waals surface area contributed by atoms with Crippen LogP contribution in [-0.4, -0.2) is 41.9 Å². The van der Waals surface area contributed by atoms with Gasteiger partial charge in [-0.3, -0.25) is 19.4 Å². The Morgan fingerprint density at radius 1 is 1.12 bits per heavy atom. The predicted molar refractivity (Wildman–Crippen MR) is 99.8 cm³/mol. The van der Waals surface area contributed by atoms with Gasteiger partial charge in [-0.05, 0) is 44.7 Å². The summed E-state index contributed by atoms with van der Waals surface area (Å²) in [6.45, 7) is 4.08. The molecule has 0 radical (unpaired) electrons. The maximum Gasteiger partial charge on any atom is 0.332 e. The van der Waals surface area contributed by atoms with Crippen molar-refractivity contribution in [1.82, 2.24) is 10.2 Å². The highest BCUT2D eigenvalue weighted by atomic mass is 16.2. The number of aryl methyl sites for hydroxylation is 1. The lowest BCUT2D eigenvalue weighted by atomic mass is 9.89. The van der Waals surface area contributed by atoms with Gasteiger partial charge in [0.05, 0.1) is 0 Å². The number of rotatable bonds is 5. The molecule has 4 amide bonds. The number of benzene rings is 1. The van der Waals surface area contributed by atoms with Crippen LogP contribution >= 0.6 is 0 Å². The monoisotopic (exact) mass is 357 g/mol. The Kier molecular flexibility index (Phi) is 5.59. The first kappa shape index (κ1) is 18.4. The van der Waals surface area contributed by atoms with Crippen LogP contribution in [-0.2, 0) is 9.59 Å². The largest absolute Gasteiger partial charge is 0.354 e. The van der Waals surface area contributed by atoms with Crippen LogP contribution in [0.3, 0.4) is 0 Å². The van der Waals surface area contributed by atoms with E-state index in [-0.39, 0.29) is 18.4 Å². The van der Waals surface area contributed by atoms with Gasteiger partial charge in [0.25, 0.3) is 5.91 Å². The van der Waals surface area contributed by atoms with E-state index in [1.165, 1.54) is 24.2 Å². The van der Waals surface area contributed by atoms with Gasteiger partial charge in [-0.25, -0.2) is 4.79 Å². The molecule has 0 bridgehead atoms. The molecule has 1 aromatic rings. The van der Waals surface area contributed by atoms with Crippen LogP contribution in [0.15, 0.2) is 24.3 Å². The van der Waals surface area contributed by atoms with Crippen LogP contribution in [0.2, 0.25) is 0 Å². The standard InChI is InChI=1S/C20H27N3O3/c1-14-8-10-17(11-9-14)23-15(2)19(25)22(20(23)26)13-18(24)21-12-16-6-4-3-5-7-16/h8-11,15-16H,3-7,12-13H2,1-2H3,(H,21,24)/t15-/m1/s1. The Bertz CT molecular complexity index is 680. The molecule has 26 heavy (non-hydrogen) atoms. The minimum Gasteiger partial charge on any atom is -0.354 e. The van der Waals surface area contributed by atoms with Crippen molar-refractivity contribution in [2.75, 3.05) is 18.0 Å². The van der Waals surface area contributed by atoms with E-state index in [4.69, 9.17) is 0 Å². The molecule has 2 aliphatic rings. The maximum atomic E-state index is 12.7. The zero-order chi connectivity index (χ0) is 18.7. The van der Waals surface area contributed by atoms with Crippen LogP contribution < -0.4 is 10.2 Å². The number of carbonyl (C=O) groups is 3. The lowest BCUT2D eigenvalue weighted by molar-refractivity contribution is -0.131. The lowest BCUT2D eigenvalue weighted by Gasteiger charge is -2.22. The van der Waals surface area contributed by atoms with Crippen molar-refractivity contribution in [3.63, 3.8) is 0 Å². The quantitative estimate of drug-likeness (QED) is 0.824. The third kappa shape index (κ3) is 3.89. The number of nitrogens with zero attached hydrogens (tertiary/aromatic N) is 2. The van der Waals surface area contributed by atoms with Gasteiger partial charge >= 0.3 is 6.03 Å². The molecule has 1 heterocycles. The second kappa shape index (κ2) is 7.89. The fourth-order valence-electron chi connectivity index (χ4n) is 3.76. The number of hydrogen-bond acceptors (Lipinski definition) is 3. The predicted octanol–water partition coefficient (Wildman–Crippen LogP) is 2.85. The highest BCUT2D eigenvalue weighted by Crippen LogP contribution is 2.26. The molecule has 0 unspecified atom stereocenters. The molecule has 1 saturated heterocycles. The third-order valence-electron chi connectivity index (χ3n) is 5.37. The topological polar surface area (TPSA) is 69.7 Å². The SMILES string of the molecule is Cc1ccc(N2C(=O)N(CC(=O)NCC3CCCCC3)C(=O)[C@H]2C)cc1. The summed E-state index contributed by atoms with van der Waals surface area (Å²) in [6, 6.07) is 6.42. The Balaban J connectivity index is 1.60. The normalized spacial score (nSPS) is 21.4. The number of carbonyl (C=O) groups excluding carboxylic acids is 3. The molecule has 1 N–H and O–H groups in total. The molecular formula is C20H27N3O3. The van der Waals surface area contributed by atoms with Crippen LogP contribution in [0.4, 0.5) is 10.5 Å². The number of urea groups is 1. The molecule has 6 heteroatoms. The third-order valence-corrected chi connectivity index (χ3v) is 5.37. The van der Waals surface area contributed by atoms with Gasteiger partial charge in [0.1, 0.15) is 12.6 Å². The zero-order valence-corrected chi connectivity index (χ0v) is 15.5. The summed E-state index contributed by atoms with van der Waals surface area (Å²) in [7, 11) is 0. The molecule has 3 rings (SSSR count). The fraction of sp³-hybridized carbons (Fsp3) is 0.550. The van der Waals surface area contributed by atoms with Crippen LogP contribution in [0.25, 0.3) is 0 Å². The maximum absolute atomic E-state index is 12.7. The van der Waals surface area contributed by atoms with Gasteiger partial charge < -0.3 is 5.32 Å². The summed E-state index contributed by atoms with van der Waals surface area (Å²) in [6.07, 6.45) is 5.98. The van der Waals surface area contributed by atoms with E-state index in [1.807, 2.05) is 31.2 Å². The van der Waals surface area contributed by atoms with Crippen molar-refractivity contribution in [2.24, 2.45) is 5.92 Å². The number of hydrogen-bond donors (Lipinski definition) is 1. The van der Waals surface area contributed by atoms with E-state index < -0.39 is 12.1 Å². The number of nitrogens with one attached hydrogen (secondary N) is 1. The Hall–Kier alpha value is -2.37. The minimum atomic E-state index is -0.601. The molecule has 140 valence electrons. The van der Waals surface area contributed by atoms with Crippen molar-refractivity contribution in [1.29, 1.82) is 0 Å². The average Bonchev–Trinajstić information content (AvgIpc) is 2.85. The molecule has 6 nitrogen and oxygen atoms in total. The van der Waals surface area contributed by atoms with Crippen molar-refractivity contribution in [3.8, 4) is 0 Å². The van der Waals surface area contributed by atoms with E-state index in [0.29, 0.717) is 18.2 Å². The number of imide groups is 1. The van der Waals surface area contributed by atoms with Crippen LogP contribution in [0, 0.1) is 12.8 Å². The Morgan fingerprint density at radius 3 is 2.42 bits per heavy atom. The lowest BCUT2D eigenvalue weighted by Crippen LogP contribution is -2.42. The first-order valence-electron chi connectivity index (χ1n) is 9.45. The van der Waals surface area contributed by atoms with Crippen LogP contribution in [0.1, 0.15) is 44.6 Å². The first-order valence-corrected chi connectivity index (χ1v) is 9.45. The molecule has 1 saturated carbocycles. The summed E-state index contributed by atoms with van der Waals surface area (Å²) in [5.41, 5.74) is 1.75. The highest BCUT2D eigenvalue weighted by molar-refractivity contribution is 6.15. The summed E-state index contributed by atoms with van der Waals surface area (Å²) in [4.78, 5) is 40.0. The van der Waals surface area contributed by atoms with Gasteiger partial charge in [-0.2, -0.15) is 0 Å². The number of anilines is 1. The van der Waals surface area contributed by atoms with Crippen LogP contribution in [0.5, 0.6) is 0 Å². The van der Waals surface area contributed by atoms with Crippen molar-refractivity contribution >= 4 is 23.5 Å². The molecule has 1 aromatic carbocycles. The minimum absolute atomic E-state index is 0.211. The summed E-state index contributed by atoms with van der Waals surface area (Å²) >= 11 is 0. The van der Waals surface area contributed by atoms with Gasteiger partial charge in [-0.1, -0.05) is 37.0 Å². The zero-order valence-electron chi connectivity index (χ0n) is 15.5. The summed E-state index contributed by atoms with van der Waals surface area (Å²) < 4.78 is 0. The van der Waals surface area contributed by atoms with E-state index in [9.17, 15) is 14.4 Å². The highest BCUT2D eigenvalue weighted by Gasteiger charge is 2.44. The summed E-state index contributed by atoms with van der Waals surface area (Å²) in [5, 5.41) is 2.89. The van der Waals surface area contributed by atoms with Crippen molar-refractivity contribution in [3.05, 3.63) is 29.8 Å². The number of amides is 4. The van der Waals surface area contributed by atoms with Gasteiger partial charge in [0, 0.05) is 12.2 Å². The summed E-state index contributed by atoms with van der Waals surface area (Å²) in [5.74, 6) is -0.0840. The molecule has 0 aromatic heterocycles. The second-order valence-corrected chi connectivity index (χ2v) is 7.40. The molecule has 2 fully saturated rings. The van der Waals surface area contributed by atoms with E-state index >= 15 is 0 Å². The van der Waals surface area contributed by atoms with Gasteiger partial charge in [0.15, 0.2) is 0 Å². The molecule has 1 aliphatic carbocycles. The van der Waals surface area contributed by atoms with E-state index in [2.05, 4.69) is 5.32 Å². The first-order chi connectivity index (χ1) is 12.5. The van der Waals surface area contributed by atoms with Gasteiger partial charge in [0.2, 0.25) is 5.91 Å². The second-order valence-electron chi connectivity index (χ2n) is 7.40. The van der Waals surface area contributed by atoms with Crippen molar-refractivity contribution in [2.45, 2.75) is 52.0 Å². The van der Waals surface area contributed by atoms with Gasteiger partial charge in [-0.15, -0.1) is 0 Å². The molecule has 0 spiro atoms. The van der Waals surface area contributed by atoms with E-state index in [1.54, 1.807) is 6.92 Å².